The van der Waals surface area contributed by atoms with Crippen LogP contribution in [0.4, 0.5) is 5.69 Å². The van der Waals surface area contributed by atoms with Crippen LogP contribution in [0.3, 0.4) is 0 Å². The quantitative estimate of drug-likeness (QED) is 0.812. The second kappa shape index (κ2) is 4.45. The molecule has 0 bridgehead atoms. The first kappa shape index (κ1) is 10.8. The highest BCUT2D eigenvalue weighted by Gasteiger charge is 2.15. The second-order valence-corrected chi connectivity index (χ2v) is 5.45. The van der Waals surface area contributed by atoms with E-state index in [9.17, 15) is 0 Å². The topological polar surface area (TPSA) is 24.4 Å². The lowest BCUT2D eigenvalue weighted by molar-refractivity contribution is 0.976. The van der Waals surface area contributed by atoms with Gasteiger partial charge in [-0.25, -0.2) is 0 Å². The van der Waals surface area contributed by atoms with Gasteiger partial charge in [-0.1, -0.05) is 36.4 Å². The summed E-state index contributed by atoms with van der Waals surface area (Å²) in [5.41, 5.74) is 2.12. The van der Waals surface area contributed by atoms with Crippen LogP contribution in [0.1, 0.15) is 12.5 Å². The molecule has 80 valence electrons. The van der Waals surface area contributed by atoms with Gasteiger partial charge >= 0.3 is 0 Å². The van der Waals surface area contributed by atoms with Crippen LogP contribution < -0.4 is 5.32 Å². The number of anilines is 1. The van der Waals surface area contributed by atoms with Crippen LogP contribution in [0.5, 0.6) is 0 Å². The van der Waals surface area contributed by atoms with Gasteiger partial charge in [0.2, 0.25) is 0 Å². The molecule has 1 aromatic rings. The Kier molecular flexibility index (Phi) is 3.22. The van der Waals surface area contributed by atoms with Gasteiger partial charge in [0.1, 0.15) is 0 Å². The standard InChI is InChI=1S/C11H13ClN2S/c1-7-6-13-11(15-7)14-10-5-3-4-9(12)8(10)2/h3-5,7H,6H2,1-2H3,(H,13,14). The molecule has 1 aromatic carbocycles. The average Bonchev–Trinajstić information content (AvgIpc) is 2.59. The molecule has 0 aromatic heterocycles. The maximum absolute atomic E-state index is 6.04. The first-order valence-corrected chi connectivity index (χ1v) is 6.16. The van der Waals surface area contributed by atoms with Crippen molar-refractivity contribution in [3.05, 3.63) is 28.8 Å². The Hall–Kier alpha value is -0.670. The highest BCUT2D eigenvalue weighted by atomic mass is 35.5. The molecule has 0 radical (unpaired) electrons. The summed E-state index contributed by atoms with van der Waals surface area (Å²) < 4.78 is 0. The number of aliphatic imine (C=N–C) groups is 1. The van der Waals surface area contributed by atoms with Crippen LogP contribution in [-0.2, 0) is 0 Å². The molecule has 1 atom stereocenters. The number of rotatable bonds is 1. The molecule has 0 spiro atoms. The third-order valence-corrected chi connectivity index (χ3v) is 3.73. The van der Waals surface area contributed by atoms with E-state index in [1.54, 1.807) is 11.8 Å². The molecule has 0 saturated carbocycles. The molecule has 1 aliphatic heterocycles. The summed E-state index contributed by atoms with van der Waals surface area (Å²) >= 11 is 7.81. The summed E-state index contributed by atoms with van der Waals surface area (Å²) in [5, 5.41) is 5.67. The fourth-order valence-electron chi connectivity index (χ4n) is 1.40. The van der Waals surface area contributed by atoms with E-state index in [0.29, 0.717) is 5.25 Å². The lowest BCUT2D eigenvalue weighted by Crippen LogP contribution is -2.07. The number of nitrogens with one attached hydrogen (secondary N) is 1. The SMILES string of the molecule is Cc1c(Cl)cccc1NC1=NCC(C)S1. The molecule has 2 rings (SSSR count). The van der Waals surface area contributed by atoms with Gasteiger partial charge in [0, 0.05) is 16.0 Å². The zero-order valence-corrected chi connectivity index (χ0v) is 10.3. The molecule has 1 heterocycles. The van der Waals surface area contributed by atoms with Gasteiger partial charge in [0.25, 0.3) is 0 Å². The highest BCUT2D eigenvalue weighted by Crippen LogP contribution is 2.26. The predicted molar refractivity (Wildman–Crippen MR) is 69.2 cm³/mol. The second-order valence-electron chi connectivity index (χ2n) is 3.61. The van der Waals surface area contributed by atoms with Crippen LogP contribution >= 0.6 is 23.4 Å². The van der Waals surface area contributed by atoms with E-state index >= 15 is 0 Å². The molecule has 4 heteroatoms. The predicted octanol–water partition coefficient (Wildman–Crippen LogP) is 3.55. The number of thioether (sulfide) groups is 1. The Labute approximate surface area is 99.1 Å². The molecule has 0 saturated heterocycles. The number of amidine groups is 1. The minimum absolute atomic E-state index is 0.576. The first-order valence-electron chi connectivity index (χ1n) is 4.90. The van der Waals surface area contributed by atoms with Crippen LogP contribution in [0, 0.1) is 6.92 Å². The van der Waals surface area contributed by atoms with Crippen LogP contribution in [0.2, 0.25) is 5.02 Å². The smallest absolute Gasteiger partial charge is 0.161 e. The Morgan fingerprint density at radius 3 is 3.00 bits per heavy atom. The van der Waals surface area contributed by atoms with Gasteiger partial charge in [0.05, 0.1) is 6.54 Å². The number of nitrogens with zero attached hydrogens (tertiary/aromatic N) is 1. The van der Waals surface area contributed by atoms with Gasteiger partial charge in [-0.3, -0.25) is 4.99 Å². The number of hydrogen-bond donors (Lipinski definition) is 1. The van der Waals surface area contributed by atoms with E-state index in [4.69, 9.17) is 11.6 Å². The molecule has 1 unspecified atom stereocenters. The fourth-order valence-corrected chi connectivity index (χ4v) is 2.43. The maximum atomic E-state index is 6.04. The summed E-state index contributed by atoms with van der Waals surface area (Å²) in [5.74, 6) is 0. The summed E-state index contributed by atoms with van der Waals surface area (Å²) in [7, 11) is 0. The third-order valence-electron chi connectivity index (χ3n) is 2.31. The molecule has 0 fully saturated rings. The van der Waals surface area contributed by atoms with Crippen molar-refractivity contribution in [2.24, 2.45) is 4.99 Å². The molecule has 0 amide bonds. The van der Waals surface area contributed by atoms with Crippen molar-refractivity contribution in [3.8, 4) is 0 Å². The largest absolute Gasteiger partial charge is 0.335 e. The van der Waals surface area contributed by atoms with E-state index in [2.05, 4.69) is 17.2 Å². The third kappa shape index (κ3) is 2.47. The van der Waals surface area contributed by atoms with Crippen molar-refractivity contribution in [2.45, 2.75) is 19.1 Å². The lowest BCUT2D eigenvalue weighted by atomic mass is 10.2. The van der Waals surface area contributed by atoms with E-state index in [-0.39, 0.29) is 0 Å². The van der Waals surface area contributed by atoms with Crippen molar-refractivity contribution < 1.29 is 0 Å². The average molecular weight is 241 g/mol. The van der Waals surface area contributed by atoms with Gasteiger partial charge in [0.15, 0.2) is 5.17 Å². The molecule has 0 aliphatic carbocycles. The molecule has 2 nitrogen and oxygen atoms in total. The van der Waals surface area contributed by atoms with Crippen molar-refractivity contribution in [1.82, 2.24) is 0 Å². The lowest BCUT2D eigenvalue weighted by Gasteiger charge is -2.09. The number of hydrogen-bond acceptors (Lipinski definition) is 3. The van der Waals surface area contributed by atoms with Crippen LogP contribution in [0.15, 0.2) is 23.2 Å². The van der Waals surface area contributed by atoms with Crippen molar-refractivity contribution in [1.29, 1.82) is 0 Å². The summed E-state index contributed by atoms with van der Waals surface area (Å²) in [4.78, 5) is 4.41. The maximum Gasteiger partial charge on any atom is 0.161 e. The summed E-state index contributed by atoms with van der Waals surface area (Å²) in [6.07, 6.45) is 0. The fraction of sp³-hybridized carbons (Fsp3) is 0.364. The van der Waals surface area contributed by atoms with E-state index in [1.807, 2.05) is 25.1 Å². The summed E-state index contributed by atoms with van der Waals surface area (Å²) in [6, 6.07) is 5.86. The number of halogens is 1. The molecular weight excluding hydrogens is 228 g/mol. The Balaban J connectivity index is 2.15. The van der Waals surface area contributed by atoms with E-state index < -0.39 is 0 Å². The first-order chi connectivity index (χ1) is 7.16. The molecule has 1 N–H and O–H groups in total. The monoisotopic (exact) mass is 240 g/mol. The van der Waals surface area contributed by atoms with E-state index in [1.165, 1.54) is 0 Å². The van der Waals surface area contributed by atoms with Gasteiger partial charge < -0.3 is 5.32 Å². The van der Waals surface area contributed by atoms with Crippen molar-refractivity contribution in [3.63, 3.8) is 0 Å². The Morgan fingerprint density at radius 1 is 1.53 bits per heavy atom. The van der Waals surface area contributed by atoms with E-state index in [0.717, 1.165) is 28.0 Å². The zero-order valence-electron chi connectivity index (χ0n) is 8.75. The van der Waals surface area contributed by atoms with Crippen molar-refractivity contribution in [2.75, 3.05) is 11.9 Å². The van der Waals surface area contributed by atoms with Gasteiger partial charge in [-0.05, 0) is 24.6 Å². The Bertz CT molecular complexity index is 404. The molecule has 1 aliphatic rings. The normalized spacial score (nSPS) is 20.2. The minimum Gasteiger partial charge on any atom is -0.335 e. The highest BCUT2D eigenvalue weighted by molar-refractivity contribution is 8.15. The molecular formula is C11H13ClN2S. The van der Waals surface area contributed by atoms with Crippen LogP contribution in [-0.4, -0.2) is 17.0 Å². The number of benzene rings is 1. The summed E-state index contributed by atoms with van der Waals surface area (Å²) in [6.45, 7) is 5.08. The zero-order chi connectivity index (χ0) is 10.8. The molecule has 15 heavy (non-hydrogen) atoms. The van der Waals surface area contributed by atoms with Gasteiger partial charge in [-0.15, -0.1) is 0 Å². The van der Waals surface area contributed by atoms with Gasteiger partial charge in [-0.2, -0.15) is 0 Å². The van der Waals surface area contributed by atoms with Crippen LogP contribution in [0.25, 0.3) is 0 Å². The Morgan fingerprint density at radius 2 is 2.33 bits per heavy atom. The minimum atomic E-state index is 0.576. The van der Waals surface area contributed by atoms with Crippen molar-refractivity contribution >= 4 is 34.2 Å².